The maximum absolute atomic E-state index is 4.53. The number of hydrogen-bond acceptors (Lipinski definition) is 1. The lowest BCUT2D eigenvalue weighted by Gasteiger charge is -2.22. The van der Waals surface area contributed by atoms with E-state index in [1.54, 1.807) is 6.08 Å². The van der Waals surface area contributed by atoms with Crippen LogP contribution < -0.4 is 0 Å². The first-order valence-corrected chi connectivity index (χ1v) is 8.62. The minimum atomic E-state index is 0.0653. The molecule has 0 aliphatic heterocycles. The van der Waals surface area contributed by atoms with Gasteiger partial charge in [-0.25, -0.2) is 0 Å². The normalized spacial score (nSPS) is 12.4. The van der Waals surface area contributed by atoms with Crippen molar-refractivity contribution in [3.8, 4) is 11.3 Å². The van der Waals surface area contributed by atoms with Gasteiger partial charge in [-0.2, -0.15) is 0 Å². The van der Waals surface area contributed by atoms with Gasteiger partial charge in [0.05, 0.1) is 5.69 Å². The van der Waals surface area contributed by atoms with E-state index in [2.05, 4.69) is 69.3 Å². The lowest BCUT2D eigenvalue weighted by Crippen LogP contribution is -2.11. The number of allylic oxidation sites excluding steroid dienone is 6. The fraction of sp³-hybridized carbons (Fsp3) is 0.208. The van der Waals surface area contributed by atoms with E-state index in [0.29, 0.717) is 0 Å². The molecule has 25 heavy (non-hydrogen) atoms. The monoisotopic (exact) mass is 329 g/mol. The molecule has 0 aliphatic carbocycles. The first-order chi connectivity index (χ1) is 12.0. The Hall–Kier alpha value is -2.67. The van der Waals surface area contributed by atoms with Crippen molar-refractivity contribution in [3.05, 3.63) is 97.3 Å². The van der Waals surface area contributed by atoms with Crippen molar-refractivity contribution in [1.29, 1.82) is 0 Å². The lowest BCUT2D eigenvalue weighted by atomic mass is 9.83. The summed E-state index contributed by atoms with van der Waals surface area (Å²) in [7, 11) is 0. The van der Waals surface area contributed by atoms with E-state index < -0.39 is 0 Å². The van der Waals surface area contributed by atoms with Gasteiger partial charge in [0.1, 0.15) is 0 Å². The molecular formula is C24H27N. The fourth-order valence-corrected chi connectivity index (χ4v) is 2.62. The lowest BCUT2D eigenvalue weighted by molar-refractivity contribution is 0.590. The second-order valence-corrected chi connectivity index (χ2v) is 7.07. The molecule has 0 saturated heterocycles. The van der Waals surface area contributed by atoms with Gasteiger partial charge >= 0.3 is 0 Å². The van der Waals surface area contributed by atoms with Crippen molar-refractivity contribution >= 4 is 5.57 Å². The first-order valence-electron chi connectivity index (χ1n) is 8.62. The molecule has 1 heterocycles. The van der Waals surface area contributed by atoms with E-state index in [0.717, 1.165) is 17.7 Å². The van der Waals surface area contributed by atoms with Crippen LogP contribution in [-0.4, -0.2) is 4.98 Å². The number of rotatable bonds is 6. The van der Waals surface area contributed by atoms with Gasteiger partial charge in [-0.3, -0.25) is 4.98 Å². The van der Waals surface area contributed by atoms with E-state index in [-0.39, 0.29) is 5.41 Å². The van der Waals surface area contributed by atoms with Gasteiger partial charge in [0, 0.05) is 11.8 Å². The number of hydrogen-bond donors (Lipinski definition) is 0. The predicted molar refractivity (Wildman–Crippen MR) is 111 cm³/mol. The van der Waals surface area contributed by atoms with Crippen LogP contribution in [0, 0.1) is 0 Å². The third-order valence-corrected chi connectivity index (χ3v) is 4.04. The second kappa shape index (κ2) is 8.43. The van der Waals surface area contributed by atoms with Crippen LogP contribution in [0.5, 0.6) is 0 Å². The Morgan fingerprint density at radius 3 is 2.48 bits per heavy atom. The summed E-state index contributed by atoms with van der Waals surface area (Å²) in [5.74, 6) is 0. The van der Waals surface area contributed by atoms with Crippen molar-refractivity contribution < 1.29 is 0 Å². The summed E-state index contributed by atoms with van der Waals surface area (Å²) < 4.78 is 0. The van der Waals surface area contributed by atoms with Gasteiger partial charge in [-0.15, -0.1) is 6.58 Å². The molecule has 0 spiro atoms. The highest BCUT2D eigenvalue weighted by Crippen LogP contribution is 2.32. The van der Waals surface area contributed by atoms with Crippen molar-refractivity contribution in [2.45, 2.75) is 32.6 Å². The Morgan fingerprint density at radius 2 is 1.88 bits per heavy atom. The highest BCUT2D eigenvalue weighted by molar-refractivity contribution is 5.74. The summed E-state index contributed by atoms with van der Waals surface area (Å²) >= 11 is 0. The quantitative estimate of drug-likeness (QED) is 0.422. The molecule has 0 amide bonds. The van der Waals surface area contributed by atoms with Crippen LogP contribution in [0.3, 0.4) is 0 Å². The molecule has 0 saturated carbocycles. The minimum absolute atomic E-state index is 0.0653. The summed E-state index contributed by atoms with van der Waals surface area (Å²) in [5, 5.41) is 0. The smallest absolute Gasteiger partial charge is 0.0702 e. The Bertz CT molecular complexity index is 787. The van der Waals surface area contributed by atoms with Crippen LogP contribution in [0.25, 0.3) is 16.8 Å². The highest BCUT2D eigenvalue weighted by Gasteiger charge is 2.17. The molecule has 0 unspecified atom stereocenters. The molecule has 0 radical (unpaired) electrons. The Balaban J connectivity index is 2.63. The van der Waals surface area contributed by atoms with E-state index in [9.17, 15) is 0 Å². The average Bonchev–Trinajstić information content (AvgIpc) is 2.61. The third kappa shape index (κ3) is 5.15. The van der Waals surface area contributed by atoms with Crippen LogP contribution in [0.15, 0.2) is 86.1 Å². The van der Waals surface area contributed by atoms with E-state index in [1.165, 1.54) is 16.7 Å². The van der Waals surface area contributed by atoms with E-state index >= 15 is 0 Å². The van der Waals surface area contributed by atoms with E-state index in [4.69, 9.17) is 0 Å². The van der Waals surface area contributed by atoms with Crippen LogP contribution in [0.2, 0.25) is 0 Å². The predicted octanol–water partition coefficient (Wildman–Crippen LogP) is 6.75. The number of pyridine rings is 1. The van der Waals surface area contributed by atoms with Gasteiger partial charge in [0.25, 0.3) is 0 Å². The first kappa shape index (κ1) is 18.7. The summed E-state index contributed by atoms with van der Waals surface area (Å²) in [6.45, 7) is 14.4. The summed E-state index contributed by atoms with van der Waals surface area (Å²) in [6, 6.07) is 12.8. The average molecular weight is 329 g/mol. The Labute approximate surface area is 152 Å². The fourth-order valence-electron chi connectivity index (χ4n) is 2.62. The molecule has 2 aromatic rings. The molecule has 1 aromatic carbocycles. The molecule has 0 atom stereocenters. The second-order valence-electron chi connectivity index (χ2n) is 7.07. The van der Waals surface area contributed by atoms with Gasteiger partial charge < -0.3 is 0 Å². The topological polar surface area (TPSA) is 12.9 Å². The zero-order valence-corrected chi connectivity index (χ0v) is 15.5. The van der Waals surface area contributed by atoms with Gasteiger partial charge in [-0.1, -0.05) is 69.9 Å². The Kier molecular flexibility index (Phi) is 6.30. The number of aromatic nitrogens is 1. The standard InChI is InChI=1S/C24H27N/c1-6-8-9-13-19(12-7-2)20-16-21(23-14-10-11-15-25-23)18-22(17-20)24(3,4)5/h6-11,13-18H,1-2,12H2,3-5H3/b9-8-,19-13+. The summed E-state index contributed by atoms with van der Waals surface area (Å²) in [6.07, 6.45) is 12.5. The maximum Gasteiger partial charge on any atom is 0.0702 e. The zero-order chi connectivity index (χ0) is 18.3. The van der Waals surface area contributed by atoms with Crippen LogP contribution >= 0.6 is 0 Å². The van der Waals surface area contributed by atoms with Gasteiger partial charge in [-0.05, 0) is 52.8 Å². The molecule has 1 nitrogen and oxygen atoms in total. The van der Waals surface area contributed by atoms with Crippen LogP contribution in [0.1, 0.15) is 38.3 Å². The molecule has 0 bridgehead atoms. The van der Waals surface area contributed by atoms with Gasteiger partial charge in [0.2, 0.25) is 0 Å². The molecule has 1 aromatic heterocycles. The molecule has 0 N–H and O–H groups in total. The molecule has 2 rings (SSSR count). The molecule has 0 aliphatic rings. The summed E-state index contributed by atoms with van der Waals surface area (Å²) in [5.41, 5.74) is 5.95. The largest absolute Gasteiger partial charge is 0.256 e. The van der Waals surface area contributed by atoms with Gasteiger partial charge in [0.15, 0.2) is 0 Å². The van der Waals surface area contributed by atoms with Crippen molar-refractivity contribution in [2.75, 3.05) is 0 Å². The maximum atomic E-state index is 4.53. The molecule has 128 valence electrons. The molecule has 0 fully saturated rings. The Morgan fingerprint density at radius 1 is 1.08 bits per heavy atom. The SMILES string of the molecule is C=C/C=C\C=C(/CC=C)c1cc(-c2ccccn2)cc(C(C)(C)C)c1. The summed E-state index contributed by atoms with van der Waals surface area (Å²) in [4.78, 5) is 4.53. The molecule has 1 heteroatoms. The minimum Gasteiger partial charge on any atom is -0.256 e. The number of nitrogens with zero attached hydrogens (tertiary/aromatic N) is 1. The molecular weight excluding hydrogens is 302 g/mol. The van der Waals surface area contributed by atoms with Crippen molar-refractivity contribution in [2.24, 2.45) is 0 Å². The van der Waals surface area contributed by atoms with Crippen molar-refractivity contribution in [1.82, 2.24) is 4.98 Å². The highest BCUT2D eigenvalue weighted by atomic mass is 14.7. The van der Waals surface area contributed by atoms with Crippen LogP contribution in [-0.2, 0) is 5.41 Å². The number of benzene rings is 1. The zero-order valence-electron chi connectivity index (χ0n) is 15.5. The van der Waals surface area contributed by atoms with Crippen molar-refractivity contribution in [3.63, 3.8) is 0 Å². The van der Waals surface area contributed by atoms with E-state index in [1.807, 2.05) is 36.6 Å². The third-order valence-electron chi connectivity index (χ3n) is 4.04. The van der Waals surface area contributed by atoms with Crippen LogP contribution in [0.4, 0.5) is 0 Å².